The zero-order chi connectivity index (χ0) is 22.6. The Morgan fingerprint density at radius 1 is 1.10 bits per heavy atom. The highest BCUT2D eigenvalue weighted by Gasteiger charge is 2.23. The van der Waals surface area contributed by atoms with Crippen molar-refractivity contribution in [3.8, 4) is 0 Å². The summed E-state index contributed by atoms with van der Waals surface area (Å²) in [7, 11) is 0. The standard InChI is InChI=1S/C23H26N4O4/c1-15(2)16-8-7-9-17(14-16)23(3,4)24-21(29)26-25-20(28)12-13-27-18-10-5-6-11-19(18)31-22(27)30/h5-11,14H,1,12-13H2,2-4H3,(H,25,28)(H2,24,26,29). The predicted molar refractivity (Wildman–Crippen MR) is 119 cm³/mol. The summed E-state index contributed by atoms with van der Waals surface area (Å²) < 4.78 is 6.52. The minimum absolute atomic E-state index is 0.00619. The van der Waals surface area contributed by atoms with E-state index in [1.165, 1.54) is 4.57 Å². The number of hydrogen-bond donors (Lipinski definition) is 3. The number of nitrogens with zero attached hydrogens (tertiary/aromatic N) is 1. The molecule has 0 atom stereocenters. The van der Waals surface area contributed by atoms with E-state index in [9.17, 15) is 14.4 Å². The molecule has 162 valence electrons. The van der Waals surface area contributed by atoms with E-state index >= 15 is 0 Å². The molecule has 0 saturated heterocycles. The Kier molecular flexibility index (Phi) is 6.29. The van der Waals surface area contributed by atoms with Gasteiger partial charge in [-0.05, 0) is 50.1 Å². The summed E-state index contributed by atoms with van der Waals surface area (Å²) in [6.45, 7) is 9.72. The van der Waals surface area contributed by atoms with Crippen molar-refractivity contribution in [3.63, 3.8) is 0 Å². The van der Waals surface area contributed by atoms with E-state index in [1.54, 1.807) is 24.3 Å². The van der Waals surface area contributed by atoms with Gasteiger partial charge < -0.3 is 9.73 Å². The Balaban J connectivity index is 1.53. The molecule has 0 fully saturated rings. The van der Waals surface area contributed by atoms with Gasteiger partial charge in [-0.2, -0.15) is 0 Å². The van der Waals surface area contributed by atoms with E-state index in [4.69, 9.17) is 4.42 Å². The Morgan fingerprint density at radius 3 is 2.58 bits per heavy atom. The molecule has 3 N–H and O–H groups in total. The Morgan fingerprint density at radius 2 is 1.84 bits per heavy atom. The summed E-state index contributed by atoms with van der Waals surface area (Å²) in [6, 6.07) is 14.2. The van der Waals surface area contributed by atoms with Crippen LogP contribution in [-0.2, 0) is 16.9 Å². The van der Waals surface area contributed by atoms with Crippen LogP contribution >= 0.6 is 0 Å². The Labute approximate surface area is 179 Å². The fourth-order valence-electron chi connectivity index (χ4n) is 3.19. The molecule has 8 nitrogen and oxygen atoms in total. The molecule has 0 unspecified atom stereocenters. The minimum atomic E-state index is -0.677. The molecule has 0 saturated carbocycles. The molecule has 31 heavy (non-hydrogen) atoms. The van der Waals surface area contributed by atoms with Crippen molar-refractivity contribution in [1.82, 2.24) is 20.7 Å². The van der Waals surface area contributed by atoms with Crippen molar-refractivity contribution in [2.24, 2.45) is 0 Å². The van der Waals surface area contributed by atoms with Crippen molar-refractivity contribution in [2.75, 3.05) is 0 Å². The molecule has 3 amide bonds. The van der Waals surface area contributed by atoms with Crippen molar-refractivity contribution in [3.05, 3.63) is 76.8 Å². The number of aromatic nitrogens is 1. The van der Waals surface area contributed by atoms with Gasteiger partial charge in [-0.3, -0.25) is 14.8 Å². The number of fused-ring (bicyclic) bond motifs is 1. The fourth-order valence-corrected chi connectivity index (χ4v) is 3.19. The predicted octanol–water partition coefficient (Wildman–Crippen LogP) is 3.28. The highest BCUT2D eigenvalue weighted by atomic mass is 16.4. The number of carbonyl (C=O) groups is 2. The molecule has 8 heteroatoms. The second-order valence-electron chi connectivity index (χ2n) is 7.85. The third-order valence-corrected chi connectivity index (χ3v) is 4.95. The van der Waals surface area contributed by atoms with Crippen LogP contribution in [0.5, 0.6) is 0 Å². The summed E-state index contributed by atoms with van der Waals surface area (Å²) in [5, 5.41) is 2.83. The number of rotatable bonds is 6. The molecular formula is C23H26N4O4. The number of urea groups is 1. The smallest absolute Gasteiger partial charge is 0.408 e. The molecule has 0 aliphatic rings. The summed E-state index contributed by atoms with van der Waals surface area (Å²) >= 11 is 0. The monoisotopic (exact) mass is 422 g/mol. The number of carbonyl (C=O) groups excluding carboxylic acids is 2. The lowest BCUT2D eigenvalue weighted by atomic mass is 9.92. The highest BCUT2D eigenvalue weighted by Crippen LogP contribution is 2.23. The number of benzene rings is 2. The van der Waals surface area contributed by atoms with E-state index in [1.807, 2.05) is 45.0 Å². The van der Waals surface area contributed by atoms with Crippen LogP contribution in [0.2, 0.25) is 0 Å². The molecule has 0 spiro atoms. The number of allylic oxidation sites excluding steroid dienone is 1. The van der Waals surface area contributed by atoms with Crippen LogP contribution in [0.3, 0.4) is 0 Å². The van der Waals surface area contributed by atoms with E-state index in [-0.39, 0.29) is 13.0 Å². The summed E-state index contributed by atoms with van der Waals surface area (Å²) in [4.78, 5) is 36.4. The number of nitrogens with one attached hydrogen (secondary N) is 3. The second-order valence-corrected chi connectivity index (χ2v) is 7.85. The second kappa shape index (κ2) is 8.91. The van der Waals surface area contributed by atoms with Gasteiger partial charge in [-0.25, -0.2) is 15.0 Å². The normalized spacial score (nSPS) is 11.2. The van der Waals surface area contributed by atoms with Crippen molar-refractivity contribution in [1.29, 1.82) is 0 Å². The van der Waals surface area contributed by atoms with Crippen molar-refractivity contribution < 1.29 is 14.0 Å². The lowest BCUT2D eigenvalue weighted by Gasteiger charge is -2.27. The van der Waals surface area contributed by atoms with Crippen LogP contribution in [0.4, 0.5) is 4.79 Å². The minimum Gasteiger partial charge on any atom is -0.408 e. The lowest BCUT2D eigenvalue weighted by Crippen LogP contribution is -2.52. The van der Waals surface area contributed by atoms with Crippen LogP contribution in [0.25, 0.3) is 16.7 Å². The molecule has 3 aromatic rings. The number of hydrazine groups is 1. The molecule has 0 radical (unpaired) electrons. The maximum atomic E-state index is 12.3. The van der Waals surface area contributed by atoms with Gasteiger partial charge in [0.25, 0.3) is 0 Å². The molecule has 2 aromatic carbocycles. The summed E-state index contributed by atoms with van der Waals surface area (Å²) in [5.74, 6) is -0.965. The summed E-state index contributed by atoms with van der Waals surface area (Å²) in [6.07, 6.45) is -0.00619. The maximum Gasteiger partial charge on any atom is 0.419 e. The number of oxazole rings is 1. The number of aryl methyl sites for hydroxylation is 1. The third kappa shape index (κ3) is 5.22. The van der Waals surface area contributed by atoms with Crippen LogP contribution in [0, 0.1) is 0 Å². The Bertz CT molecular complexity index is 1190. The van der Waals surface area contributed by atoms with Gasteiger partial charge in [0.1, 0.15) is 0 Å². The van der Waals surface area contributed by atoms with Gasteiger partial charge >= 0.3 is 11.8 Å². The highest BCUT2D eigenvalue weighted by molar-refractivity contribution is 5.81. The van der Waals surface area contributed by atoms with Crippen molar-refractivity contribution >= 4 is 28.6 Å². The quantitative estimate of drug-likeness (QED) is 0.530. The average Bonchev–Trinajstić information content (AvgIpc) is 3.05. The van der Waals surface area contributed by atoms with Gasteiger partial charge in [-0.15, -0.1) is 0 Å². The maximum absolute atomic E-state index is 12.3. The molecule has 0 aliphatic carbocycles. The molecule has 0 bridgehead atoms. The zero-order valence-corrected chi connectivity index (χ0v) is 17.8. The van der Waals surface area contributed by atoms with E-state index in [0.717, 1.165) is 16.7 Å². The first kappa shape index (κ1) is 21.9. The van der Waals surface area contributed by atoms with Crippen LogP contribution in [0.15, 0.2) is 64.3 Å². The van der Waals surface area contributed by atoms with E-state index in [0.29, 0.717) is 11.1 Å². The van der Waals surface area contributed by atoms with E-state index in [2.05, 4.69) is 22.7 Å². The van der Waals surface area contributed by atoms with Crippen LogP contribution in [-0.4, -0.2) is 16.5 Å². The lowest BCUT2D eigenvalue weighted by molar-refractivity contribution is -0.122. The van der Waals surface area contributed by atoms with Gasteiger partial charge in [0, 0.05) is 13.0 Å². The number of hydrogen-bond acceptors (Lipinski definition) is 4. The first-order valence-corrected chi connectivity index (χ1v) is 9.89. The first-order chi connectivity index (χ1) is 14.7. The SMILES string of the molecule is C=C(C)c1cccc(C(C)(C)NC(=O)NNC(=O)CCn2c(=O)oc3ccccc32)c1. The number of para-hydroxylation sites is 2. The molecular weight excluding hydrogens is 396 g/mol. The van der Waals surface area contributed by atoms with Gasteiger partial charge in [-0.1, -0.05) is 42.5 Å². The van der Waals surface area contributed by atoms with Gasteiger partial charge in [0.15, 0.2) is 5.58 Å². The van der Waals surface area contributed by atoms with Crippen LogP contribution < -0.4 is 21.9 Å². The molecule has 1 aromatic heterocycles. The van der Waals surface area contributed by atoms with Crippen molar-refractivity contribution in [2.45, 2.75) is 39.3 Å². The largest absolute Gasteiger partial charge is 0.419 e. The molecule has 0 aliphatic heterocycles. The summed E-state index contributed by atoms with van der Waals surface area (Å²) in [5.41, 5.74) is 7.93. The van der Waals surface area contributed by atoms with Gasteiger partial charge in [0.05, 0.1) is 11.1 Å². The van der Waals surface area contributed by atoms with Crippen LogP contribution in [0.1, 0.15) is 38.3 Å². The Hall–Kier alpha value is -3.81. The number of amides is 3. The van der Waals surface area contributed by atoms with Gasteiger partial charge in [0.2, 0.25) is 5.91 Å². The topological polar surface area (TPSA) is 105 Å². The first-order valence-electron chi connectivity index (χ1n) is 9.89. The zero-order valence-electron chi connectivity index (χ0n) is 17.8. The van der Waals surface area contributed by atoms with E-state index < -0.39 is 23.2 Å². The third-order valence-electron chi connectivity index (χ3n) is 4.95. The average molecular weight is 422 g/mol. The molecule has 1 heterocycles. The fraction of sp³-hybridized carbons (Fsp3) is 0.261. The molecule has 3 rings (SSSR count).